The molecule has 16 heavy (non-hydrogen) atoms. The summed E-state index contributed by atoms with van der Waals surface area (Å²) in [4.78, 5) is 13.1. The van der Waals surface area contributed by atoms with Crippen LogP contribution in [0.15, 0.2) is 18.2 Å². The number of fused-ring (bicyclic) bond motifs is 1. The molecule has 0 spiro atoms. The molecule has 3 N–H and O–H groups in total. The Kier molecular flexibility index (Phi) is 2.94. The van der Waals surface area contributed by atoms with Gasteiger partial charge < -0.3 is 10.8 Å². The summed E-state index contributed by atoms with van der Waals surface area (Å²) in [5.41, 5.74) is 8.76. The van der Waals surface area contributed by atoms with E-state index < -0.39 is 12.0 Å². The van der Waals surface area contributed by atoms with Crippen molar-refractivity contribution >= 4 is 5.97 Å². The summed E-state index contributed by atoms with van der Waals surface area (Å²) >= 11 is 0. The van der Waals surface area contributed by atoms with Crippen molar-refractivity contribution in [3.63, 3.8) is 0 Å². The van der Waals surface area contributed by atoms with Crippen molar-refractivity contribution in [2.24, 2.45) is 5.73 Å². The smallest absolute Gasteiger partial charge is 0.325 e. The van der Waals surface area contributed by atoms with Crippen molar-refractivity contribution in [3.05, 3.63) is 34.9 Å². The number of benzene rings is 1. The van der Waals surface area contributed by atoms with E-state index >= 15 is 0 Å². The Bertz CT molecular complexity index is 417. The Labute approximate surface area is 94.7 Å². The maximum absolute atomic E-state index is 10.8. The van der Waals surface area contributed by atoms with Crippen molar-refractivity contribution in [1.82, 2.24) is 4.90 Å². The summed E-state index contributed by atoms with van der Waals surface area (Å²) < 4.78 is 0. The first-order chi connectivity index (χ1) is 7.61. The van der Waals surface area contributed by atoms with E-state index in [0.717, 1.165) is 19.6 Å². The molecule has 86 valence electrons. The van der Waals surface area contributed by atoms with Gasteiger partial charge in [-0.2, -0.15) is 0 Å². The fourth-order valence-electron chi connectivity index (χ4n) is 2.04. The number of hydrogen-bond donors (Lipinski definition) is 2. The molecule has 0 bridgehead atoms. The number of rotatable bonds is 3. The summed E-state index contributed by atoms with van der Waals surface area (Å²) in [5, 5.41) is 8.85. The summed E-state index contributed by atoms with van der Waals surface area (Å²) in [6, 6.07) is 4.81. The van der Waals surface area contributed by atoms with Gasteiger partial charge in [-0.3, -0.25) is 9.69 Å². The highest BCUT2D eigenvalue weighted by Crippen LogP contribution is 2.25. The average molecular weight is 220 g/mol. The highest BCUT2D eigenvalue weighted by atomic mass is 16.4. The second-order valence-corrected chi connectivity index (χ2v) is 4.15. The van der Waals surface area contributed by atoms with Gasteiger partial charge in [-0.15, -0.1) is 0 Å². The summed E-state index contributed by atoms with van der Waals surface area (Å²) in [7, 11) is 0. The molecule has 0 saturated heterocycles. The number of carbonyl (C=O) groups is 1. The standard InChI is InChI=1S/C12H16N2O2/c1-2-14-6-9-4-3-8(5-10(9)7-14)11(13)12(15)16/h3-5,11H,2,6-7,13H2,1H3,(H,15,16). The van der Waals surface area contributed by atoms with Crippen molar-refractivity contribution in [2.45, 2.75) is 26.1 Å². The van der Waals surface area contributed by atoms with Gasteiger partial charge in [0.05, 0.1) is 0 Å². The minimum Gasteiger partial charge on any atom is -0.480 e. The molecule has 1 aromatic carbocycles. The van der Waals surface area contributed by atoms with E-state index in [1.165, 1.54) is 11.1 Å². The van der Waals surface area contributed by atoms with Gasteiger partial charge in [0.2, 0.25) is 0 Å². The first-order valence-corrected chi connectivity index (χ1v) is 5.44. The maximum atomic E-state index is 10.8. The van der Waals surface area contributed by atoms with Crippen LogP contribution in [0.5, 0.6) is 0 Å². The molecule has 0 aromatic heterocycles. The van der Waals surface area contributed by atoms with Crippen LogP contribution in [0.25, 0.3) is 0 Å². The molecule has 2 rings (SSSR count). The first-order valence-electron chi connectivity index (χ1n) is 5.44. The molecule has 1 aliphatic heterocycles. The lowest BCUT2D eigenvalue weighted by Crippen LogP contribution is -2.20. The van der Waals surface area contributed by atoms with E-state index in [4.69, 9.17) is 10.8 Å². The minimum absolute atomic E-state index is 0.684. The van der Waals surface area contributed by atoms with E-state index in [1.54, 1.807) is 0 Å². The van der Waals surface area contributed by atoms with Gasteiger partial charge in [-0.1, -0.05) is 25.1 Å². The molecule has 1 aliphatic rings. The molecule has 1 atom stereocenters. The van der Waals surface area contributed by atoms with Crippen LogP contribution < -0.4 is 5.73 Å². The van der Waals surface area contributed by atoms with Crippen LogP contribution in [0.2, 0.25) is 0 Å². The quantitative estimate of drug-likeness (QED) is 0.800. The second kappa shape index (κ2) is 4.23. The van der Waals surface area contributed by atoms with Crippen LogP contribution in [0, 0.1) is 0 Å². The second-order valence-electron chi connectivity index (χ2n) is 4.15. The molecule has 4 heteroatoms. The highest BCUT2D eigenvalue weighted by Gasteiger charge is 2.20. The zero-order valence-electron chi connectivity index (χ0n) is 9.31. The molecule has 0 aliphatic carbocycles. The molecule has 0 radical (unpaired) electrons. The maximum Gasteiger partial charge on any atom is 0.325 e. The topological polar surface area (TPSA) is 66.6 Å². The molecule has 4 nitrogen and oxygen atoms in total. The molecule has 1 aromatic rings. The Hall–Kier alpha value is -1.39. The predicted molar refractivity (Wildman–Crippen MR) is 60.8 cm³/mol. The van der Waals surface area contributed by atoms with Crippen molar-refractivity contribution in [2.75, 3.05) is 6.54 Å². The molecule has 0 amide bonds. The zero-order valence-corrected chi connectivity index (χ0v) is 9.31. The lowest BCUT2D eigenvalue weighted by molar-refractivity contribution is -0.138. The Morgan fingerprint density at radius 1 is 1.50 bits per heavy atom. The van der Waals surface area contributed by atoms with Crippen LogP contribution in [0.1, 0.15) is 29.7 Å². The van der Waals surface area contributed by atoms with E-state index in [9.17, 15) is 4.79 Å². The van der Waals surface area contributed by atoms with Gasteiger partial charge in [0, 0.05) is 13.1 Å². The molecule has 1 unspecified atom stereocenters. The van der Waals surface area contributed by atoms with Gasteiger partial charge in [-0.25, -0.2) is 0 Å². The molecule has 0 fully saturated rings. The van der Waals surface area contributed by atoms with E-state index in [-0.39, 0.29) is 0 Å². The lowest BCUT2D eigenvalue weighted by Gasteiger charge is -2.09. The van der Waals surface area contributed by atoms with Crippen molar-refractivity contribution in [1.29, 1.82) is 0 Å². The number of nitrogens with zero attached hydrogens (tertiary/aromatic N) is 1. The van der Waals surface area contributed by atoms with Gasteiger partial charge in [-0.05, 0) is 23.2 Å². The normalized spacial score (nSPS) is 17.1. The molecule has 0 saturated carbocycles. The van der Waals surface area contributed by atoms with Crippen LogP contribution in [0.4, 0.5) is 0 Å². The third kappa shape index (κ3) is 1.94. The molecular formula is C12H16N2O2. The Morgan fingerprint density at radius 2 is 2.19 bits per heavy atom. The van der Waals surface area contributed by atoms with Gasteiger partial charge >= 0.3 is 5.97 Å². The lowest BCUT2D eigenvalue weighted by atomic mass is 10.0. The summed E-state index contributed by atoms with van der Waals surface area (Å²) in [5.74, 6) is -0.981. The zero-order chi connectivity index (χ0) is 11.7. The number of hydrogen-bond acceptors (Lipinski definition) is 3. The van der Waals surface area contributed by atoms with E-state index in [1.807, 2.05) is 18.2 Å². The summed E-state index contributed by atoms with van der Waals surface area (Å²) in [6.45, 7) is 4.98. The van der Waals surface area contributed by atoms with Crippen LogP contribution in [-0.2, 0) is 17.9 Å². The van der Waals surface area contributed by atoms with Crippen LogP contribution in [0.3, 0.4) is 0 Å². The predicted octanol–water partition coefficient (Wildman–Crippen LogP) is 1.11. The largest absolute Gasteiger partial charge is 0.480 e. The van der Waals surface area contributed by atoms with E-state index in [2.05, 4.69) is 11.8 Å². The SMILES string of the molecule is CCN1Cc2ccc(C(N)C(=O)O)cc2C1. The van der Waals surface area contributed by atoms with Gasteiger partial charge in [0.25, 0.3) is 0 Å². The minimum atomic E-state index is -0.981. The third-order valence-corrected chi connectivity index (χ3v) is 3.09. The van der Waals surface area contributed by atoms with E-state index in [0.29, 0.717) is 5.56 Å². The average Bonchev–Trinajstić information content (AvgIpc) is 2.69. The molecule has 1 heterocycles. The Morgan fingerprint density at radius 3 is 2.81 bits per heavy atom. The highest BCUT2D eigenvalue weighted by molar-refractivity contribution is 5.75. The monoisotopic (exact) mass is 220 g/mol. The van der Waals surface area contributed by atoms with Crippen molar-refractivity contribution < 1.29 is 9.90 Å². The fourth-order valence-corrected chi connectivity index (χ4v) is 2.04. The number of nitrogens with two attached hydrogens (primary N) is 1. The van der Waals surface area contributed by atoms with Crippen LogP contribution >= 0.6 is 0 Å². The van der Waals surface area contributed by atoms with Crippen molar-refractivity contribution in [3.8, 4) is 0 Å². The van der Waals surface area contributed by atoms with Crippen LogP contribution in [-0.4, -0.2) is 22.5 Å². The van der Waals surface area contributed by atoms with Gasteiger partial charge in [0.15, 0.2) is 0 Å². The fraction of sp³-hybridized carbons (Fsp3) is 0.417. The third-order valence-electron chi connectivity index (χ3n) is 3.09. The van der Waals surface area contributed by atoms with Gasteiger partial charge in [0.1, 0.15) is 6.04 Å². The number of carboxylic acid groups (broad SMARTS) is 1. The molecular weight excluding hydrogens is 204 g/mol. The Balaban J connectivity index is 2.25. The number of aliphatic carboxylic acids is 1. The number of carboxylic acids is 1. The first kappa shape index (κ1) is 11.1. The summed E-state index contributed by atoms with van der Waals surface area (Å²) in [6.07, 6.45) is 0.